The molecule has 1 saturated heterocycles. The molecule has 0 saturated carbocycles. The van der Waals surface area contributed by atoms with Crippen LogP contribution in [0.1, 0.15) is 24.9 Å². The summed E-state index contributed by atoms with van der Waals surface area (Å²) in [4.78, 5) is 13.5. The van der Waals surface area contributed by atoms with Crippen molar-refractivity contribution < 1.29 is 4.79 Å². The highest BCUT2D eigenvalue weighted by Gasteiger charge is 2.21. The van der Waals surface area contributed by atoms with Crippen LogP contribution < -0.4 is 5.32 Å². The third-order valence-corrected chi connectivity index (χ3v) is 2.78. The summed E-state index contributed by atoms with van der Waals surface area (Å²) in [7, 11) is 0. The highest BCUT2D eigenvalue weighted by Crippen LogP contribution is 2.13. The van der Waals surface area contributed by atoms with Crippen LogP contribution in [0.25, 0.3) is 0 Å². The van der Waals surface area contributed by atoms with Gasteiger partial charge in [-0.25, -0.2) is 4.79 Å². The maximum Gasteiger partial charge on any atom is 0.317 e. The Balaban J connectivity index is 1.91. The topological polar surface area (TPSA) is 32.3 Å². The largest absolute Gasteiger partial charge is 0.331 e. The molecule has 80 valence electrons. The minimum atomic E-state index is 0.0533. The lowest BCUT2D eigenvalue weighted by molar-refractivity contribution is 0.164. The maximum absolute atomic E-state index is 11.6. The molecule has 1 aromatic rings. The molecule has 1 N–H and O–H groups in total. The van der Waals surface area contributed by atoms with E-state index >= 15 is 0 Å². The minimum absolute atomic E-state index is 0.0533. The first-order chi connectivity index (χ1) is 7.27. The van der Waals surface area contributed by atoms with Crippen LogP contribution in [0, 0.1) is 0 Å². The normalized spacial score (nSPS) is 16.7. The number of urea groups is 1. The molecule has 2 rings (SSSR count). The van der Waals surface area contributed by atoms with Gasteiger partial charge < -0.3 is 10.2 Å². The van der Waals surface area contributed by atoms with E-state index in [1.54, 1.807) is 0 Å². The number of carbonyl (C=O) groups is 1. The zero-order chi connectivity index (χ0) is 10.7. The number of hydrogen-bond acceptors (Lipinski definition) is 1. The lowest BCUT2D eigenvalue weighted by Gasteiger charge is -2.32. The van der Waals surface area contributed by atoms with Gasteiger partial charge in [0.1, 0.15) is 0 Å². The molecular weight excluding hydrogens is 188 g/mol. The van der Waals surface area contributed by atoms with Crippen molar-refractivity contribution in [2.24, 2.45) is 0 Å². The van der Waals surface area contributed by atoms with E-state index < -0.39 is 0 Å². The minimum Gasteiger partial charge on any atom is -0.331 e. The van der Waals surface area contributed by atoms with E-state index in [4.69, 9.17) is 0 Å². The quantitative estimate of drug-likeness (QED) is 0.786. The molecule has 3 nitrogen and oxygen atoms in total. The molecule has 1 aromatic carbocycles. The molecule has 0 radical (unpaired) electrons. The third-order valence-electron chi connectivity index (χ3n) is 2.78. The summed E-state index contributed by atoms with van der Waals surface area (Å²) in [5, 5.41) is 2.99. The van der Waals surface area contributed by atoms with Gasteiger partial charge in [0.05, 0.1) is 6.04 Å². The van der Waals surface area contributed by atoms with Gasteiger partial charge >= 0.3 is 6.03 Å². The molecule has 1 atom stereocenters. The predicted octanol–water partition coefficient (Wildman–Crippen LogP) is 2.16. The SMILES string of the molecule is C[C@@H](NC(=O)N1CCC1)c1ccccc1. The van der Waals surface area contributed by atoms with E-state index in [2.05, 4.69) is 5.32 Å². The maximum atomic E-state index is 11.6. The molecule has 1 heterocycles. The Labute approximate surface area is 90.1 Å². The van der Waals surface area contributed by atoms with E-state index in [0.717, 1.165) is 25.1 Å². The molecule has 15 heavy (non-hydrogen) atoms. The number of nitrogens with zero attached hydrogens (tertiary/aromatic N) is 1. The molecule has 0 bridgehead atoms. The van der Waals surface area contributed by atoms with Crippen LogP contribution in [0.3, 0.4) is 0 Å². The first-order valence-electron chi connectivity index (χ1n) is 5.38. The molecule has 1 fully saturated rings. The van der Waals surface area contributed by atoms with E-state index in [1.807, 2.05) is 42.2 Å². The molecular formula is C12H16N2O. The second-order valence-electron chi connectivity index (χ2n) is 3.92. The summed E-state index contributed by atoms with van der Waals surface area (Å²) in [5.41, 5.74) is 1.14. The zero-order valence-corrected chi connectivity index (χ0v) is 8.94. The van der Waals surface area contributed by atoms with E-state index in [1.165, 1.54) is 0 Å². The van der Waals surface area contributed by atoms with Crippen LogP contribution in [0.15, 0.2) is 30.3 Å². The van der Waals surface area contributed by atoms with Gasteiger partial charge in [0.2, 0.25) is 0 Å². The third kappa shape index (κ3) is 2.29. The number of nitrogens with one attached hydrogen (secondary N) is 1. The molecule has 0 unspecified atom stereocenters. The van der Waals surface area contributed by atoms with Crippen molar-refractivity contribution in [3.63, 3.8) is 0 Å². The Kier molecular flexibility index (Phi) is 2.90. The van der Waals surface area contributed by atoms with E-state index in [0.29, 0.717) is 0 Å². The summed E-state index contributed by atoms with van der Waals surface area (Å²) in [6, 6.07) is 10.1. The van der Waals surface area contributed by atoms with Gasteiger partial charge in [-0.1, -0.05) is 30.3 Å². The van der Waals surface area contributed by atoms with Crippen molar-refractivity contribution >= 4 is 6.03 Å². The smallest absolute Gasteiger partial charge is 0.317 e. The Morgan fingerprint density at radius 2 is 2.00 bits per heavy atom. The molecule has 1 aliphatic rings. The van der Waals surface area contributed by atoms with Crippen molar-refractivity contribution in [2.75, 3.05) is 13.1 Å². The lowest BCUT2D eigenvalue weighted by Crippen LogP contribution is -2.48. The Morgan fingerprint density at radius 1 is 1.33 bits per heavy atom. The fourth-order valence-electron chi connectivity index (χ4n) is 1.62. The second-order valence-corrected chi connectivity index (χ2v) is 3.92. The van der Waals surface area contributed by atoms with Gasteiger partial charge in [0.15, 0.2) is 0 Å². The average Bonchev–Trinajstić information content (AvgIpc) is 2.16. The standard InChI is InChI=1S/C12H16N2O/c1-10(11-6-3-2-4-7-11)13-12(15)14-8-5-9-14/h2-4,6-7,10H,5,8-9H2,1H3,(H,13,15)/t10-/m1/s1. The van der Waals surface area contributed by atoms with Crippen molar-refractivity contribution in [3.8, 4) is 0 Å². The monoisotopic (exact) mass is 204 g/mol. The second kappa shape index (κ2) is 4.34. The number of carbonyl (C=O) groups excluding carboxylic acids is 1. The van der Waals surface area contributed by atoms with Gasteiger partial charge in [0.25, 0.3) is 0 Å². The molecule has 3 heteroatoms. The Bertz CT molecular complexity index is 333. The van der Waals surface area contributed by atoms with E-state index in [9.17, 15) is 4.79 Å². The van der Waals surface area contributed by atoms with Crippen LogP contribution in [-0.4, -0.2) is 24.0 Å². The fourth-order valence-corrected chi connectivity index (χ4v) is 1.62. The molecule has 2 amide bonds. The molecule has 0 spiro atoms. The summed E-state index contributed by atoms with van der Waals surface area (Å²) in [6.07, 6.45) is 1.13. The van der Waals surface area contributed by atoms with Crippen LogP contribution in [0.2, 0.25) is 0 Å². The van der Waals surface area contributed by atoms with Gasteiger partial charge in [-0.2, -0.15) is 0 Å². The predicted molar refractivity (Wildman–Crippen MR) is 59.6 cm³/mol. The number of likely N-dealkylation sites (tertiary alicyclic amines) is 1. The van der Waals surface area contributed by atoms with Gasteiger partial charge in [-0.15, -0.1) is 0 Å². The van der Waals surface area contributed by atoms with Crippen LogP contribution in [0.5, 0.6) is 0 Å². The van der Waals surface area contributed by atoms with Crippen molar-refractivity contribution in [1.82, 2.24) is 10.2 Å². The van der Waals surface area contributed by atoms with Gasteiger partial charge in [-0.05, 0) is 18.9 Å². The highest BCUT2D eigenvalue weighted by atomic mass is 16.2. The number of benzene rings is 1. The van der Waals surface area contributed by atoms with E-state index in [-0.39, 0.29) is 12.1 Å². The fraction of sp³-hybridized carbons (Fsp3) is 0.417. The summed E-state index contributed by atoms with van der Waals surface area (Å²) in [5.74, 6) is 0. The van der Waals surface area contributed by atoms with Crippen LogP contribution >= 0.6 is 0 Å². The number of rotatable bonds is 2. The first kappa shape index (κ1) is 10.0. The van der Waals surface area contributed by atoms with Crippen LogP contribution in [-0.2, 0) is 0 Å². The summed E-state index contributed by atoms with van der Waals surface area (Å²) < 4.78 is 0. The zero-order valence-electron chi connectivity index (χ0n) is 8.94. The lowest BCUT2D eigenvalue weighted by atomic mass is 10.1. The Hall–Kier alpha value is -1.51. The van der Waals surface area contributed by atoms with Crippen molar-refractivity contribution in [3.05, 3.63) is 35.9 Å². The first-order valence-corrected chi connectivity index (χ1v) is 5.38. The molecule has 0 aromatic heterocycles. The van der Waals surface area contributed by atoms with Gasteiger partial charge in [-0.3, -0.25) is 0 Å². The van der Waals surface area contributed by atoms with Crippen LogP contribution in [0.4, 0.5) is 4.79 Å². The van der Waals surface area contributed by atoms with Crippen molar-refractivity contribution in [1.29, 1.82) is 0 Å². The highest BCUT2D eigenvalue weighted by molar-refractivity contribution is 5.75. The Morgan fingerprint density at radius 3 is 2.53 bits per heavy atom. The number of amides is 2. The molecule has 0 aliphatic carbocycles. The summed E-state index contributed by atoms with van der Waals surface area (Å²) >= 11 is 0. The number of hydrogen-bond donors (Lipinski definition) is 1. The average molecular weight is 204 g/mol. The van der Waals surface area contributed by atoms with Crippen molar-refractivity contribution in [2.45, 2.75) is 19.4 Å². The molecule has 1 aliphatic heterocycles. The van der Waals surface area contributed by atoms with Gasteiger partial charge in [0, 0.05) is 13.1 Å². The summed E-state index contributed by atoms with van der Waals surface area (Å²) in [6.45, 7) is 3.80.